The molecule has 1 aromatic carbocycles. The van der Waals surface area contributed by atoms with E-state index in [9.17, 15) is 9.59 Å². The zero-order chi connectivity index (χ0) is 17.1. The van der Waals surface area contributed by atoms with Crippen LogP contribution in [-0.4, -0.2) is 28.4 Å². The zero-order valence-electron chi connectivity index (χ0n) is 14.0. The number of ether oxygens (including phenoxy) is 2. The van der Waals surface area contributed by atoms with Crippen LogP contribution in [0.15, 0.2) is 39.9 Å². The summed E-state index contributed by atoms with van der Waals surface area (Å²) in [5, 5.41) is 0. The van der Waals surface area contributed by atoms with E-state index in [4.69, 9.17) is 9.47 Å². The maximum Gasteiger partial charge on any atom is 0.330 e. The lowest BCUT2D eigenvalue weighted by Crippen LogP contribution is -2.36. The molecule has 1 N–H and O–H groups in total. The second-order valence-corrected chi connectivity index (χ2v) is 5.98. The lowest BCUT2D eigenvalue weighted by atomic mass is 10.0. The van der Waals surface area contributed by atoms with Gasteiger partial charge >= 0.3 is 5.69 Å². The SMILES string of the molecule is CCOCn1c(Cc2ccccc2)c(CC2OC2C)c(=O)[nH]c1=O. The van der Waals surface area contributed by atoms with Crippen molar-refractivity contribution in [3.8, 4) is 0 Å². The molecule has 0 spiro atoms. The quantitative estimate of drug-likeness (QED) is 0.780. The zero-order valence-corrected chi connectivity index (χ0v) is 14.0. The predicted octanol–water partition coefficient (Wildman–Crippen LogP) is 1.45. The summed E-state index contributed by atoms with van der Waals surface area (Å²) >= 11 is 0. The highest BCUT2D eigenvalue weighted by Gasteiger charge is 2.35. The molecular weight excluding hydrogens is 308 g/mol. The van der Waals surface area contributed by atoms with Gasteiger partial charge in [-0.25, -0.2) is 4.79 Å². The Hall–Kier alpha value is -2.18. The van der Waals surface area contributed by atoms with E-state index in [1.54, 1.807) is 0 Å². The number of hydrogen-bond acceptors (Lipinski definition) is 4. The van der Waals surface area contributed by atoms with Crippen LogP contribution in [0.25, 0.3) is 0 Å². The van der Waals surface area contributed by atoms with E-state index >= 15 is 0 Å². The van der Waals surface area contributed by atoms with Crippen LogP contribution >= 0.6 is 0 Å². The third-order valence-corrected chi connectivity index (χ3v) is 4.29. The first-order chi connectivity index (χ1) is 11.6. The van der Waals surface area contributed by atoms with Gasteiger partial charge in [-0.05, 0) is 19.4 Å². The summed E-state index contributed by atoms with van der Waals surface area (Å²) in [7, 11) is 0. The molecule has 2 atom stereocenters. The fourth-order valence-corrected chi connectivity index (χ4v) is 2.82. The maximum atomic E-state index is 12.4. The molecule has 2 unspecified atom stereocenters. The number of aromatic amines is 1. The number of benzene rings is 1. The number of hydrogen-bond donors (Lipinski definition) is 1. The first kappa shape index (κ1) is 16.7. The van der Waals surface area contributed by atoms with Crippen molar-refractivity contribution < 1.29 is 9.47 Å². The van der Waals surface area contributed by atoms with Gasteiger partial charge in [0.1, 0.15) is 6.73 Å². The van der Waals surface area contributed by atoms with Crippen LogP contribution in [0.2, 0.25) is 0 Å². The summed E-state index contributed by atoms with van der Waals surface area (Å²) in [6.07, 6.45) is 1.20. The van der Waals surface area contributed by atoms with E-state index in [1.165, 1.54) is 4.57 Å². The molecule has 0 aliphatic carbocycles. The molecule has 0 radical (unpaired) electrons. The normalized spacial score (nSPS) is 19.4. The van der Waals surface area contributed by atoms with Crippen LogP contribution in [0.1, 0.15) is 30.7 Å². The highest BCUT2D eigenvalue weighted by atomic mass is 16.6. The van der Waals surface area contributed by atoms with Crippen molar-refractivity contribution in [3.05, 3.63) is 68.0 Å². The first-order valence-electron chi connectivity index (χ1n) is 8.22. The smallest absolute Gasteiger partial charge is 0.330 e. The van der Waals surface area contributed by atoms with Crippen molar-refractivity contribution >= 4 is 0 Å². The highest BCUT2D eigenvalue weighted by Crippen LogP contribution is 2.25. The molecule has 2 aromatic rings. The molecule has 1 saturated heterocycles. The fraction of sp³-hybridized carbons (Fsp3) is 0.444. The van der Waals surface area contributed by atoms with Crippen molar-refractivity contribution in [1.82, 2.24) is 9.55 Å². The van der Waals surface area contributed by atoms with Crippen molar-refractivity contribution in [3.63, 3.8) is 0 Å². The summed E-state index contributed by atoms with van der Waals surface area (Å²) in [4.78, 5) is 27.1. The summed E-state index contributed by atoms with van der Waals surface area (Å²) in [6.45, 7) is 4.47. The maximum absolute atomic E-state index is 12.4. The summed E-state index contributed by atoms with van der Waals surface area (Å²) < 4.78 is 12.4. The first-order valence-corrected chi connectivity index (χ1v) is 8.22. The van der Waals surface area contributed by atoms with Gasteiger partial charge in [-0.2, -0.15) is 0 Å². The summed E-state index contributed by atoms with van der Waals surface area (Å²) in [5.41, 5.74) is 1.58. The van der Waals surface area contributed by atoms with Gasteiger partial charge in [0.2, 0.25) is 0 Å². The standard InChI is InChI=1S/C18H22N2O4/c1-3-23-11-20-15(9-13-7-5-4-6-8-13)14(10-16-12(2)24-16)17(21)19-18(20)22/h4-8,12,16H,3,9-11H2,1-2H3,(H,19,21,22). The van der Waals surface area contributed by atoms with E-state index in [2.05, 4.69) is 4.98 Å². The van der Waals surface area contributed by atoms with Crippen molar-refractivity contribution in [2.45, 2.75) is 45.6 Å². The van der Waals surface area contributed by atoms with Crippen LogP contribution < -0.4 is 11.2 Å². The summed E-state index contributed by atoms with van der Waals surface area (Å²) in [6, 6.07) is 9.79. The lowest BCUT2D eigenvalue weighted by Gasteiger charge is -2.16. The van der Waals surface area contributed by atoms with Gasteiger partial charge in [-0.1, -0.05) is 30.3 Å². The second kappa shape index (κ2) is 7.15. The van der Waals surface area contributed by atoms with Crippen LogP contribution in [-0.2, 0) is 29.0 Å². The fourth-order valence-electron chi connectivity index (χ4n) is 2.82. The van der Waals surface area contributed by atoms with Gasteiger partial charge in [0.25, 0.3) is 5.56 Å². The summed E-state index contributed by atoms with van der Waals surface area (Å²) in [5.74, 6) is 0. The van der Waals surface area contributed by atoms with E-state index in [1.807, 2.05) is 44.2 Å². The minimum absolute atomic E-state index is 0.0404. The molecule has 0 amide bonds. The van der Waals surface area contributed by atoms with Crippen molar-refractivity contribution in [2.75, 3.05) is 6.61 Å². The van der Waals surface area contributed by atoms with Crippen LogP contribution in [0.4, 0.5) is 0 Å². The van der Waals surface area contributed by atoms with Crippen molar-refractivity contribution in [1.29, 1.82) is 0 Å². The number of aromatic nitrogens is 2. The topological polar surface area (TPSA) is 76.6 Å². The molecule has 6 heteroatoms. The van der Waals surface area contributed by atoms with Crippen LogP contribution in [0.5, 0.6) is 0 Å². The Balaban J connectivity index is 2.05. The Labute approximate surface area is 140 Å². The van der Waals surface area contributed by atoms with Gasteiger partial charge in [0, 0.05) is 30.7 Å². The van der Waals surface area contributed by atoms with E-state index < -0.39 is 5.69 Å². The van der Waals surface area contributed by atoms with Gasteiger partial charge in [-0.15, -0.1) is 0 Å². The largest absolute Gasteiger partial charge is 0.370 e. The molecule has 0 saturated carbocycles. The molecule has 2 heterocycles. The highest BCUT2D eigenvalue weighted by molar-refractivity contribution is 5.28. The average Bonchev–Trinajstić information content (AvgIpc) is 3.27. The number of H-pyrrole nitrogens is 1. The van der Waals surface area contributed by atoms with E-state index in [-0.39, 0.29) is 24.5 Å². The monoisotopic (exact) mass is 330 g/mol. The third-order valence-electron chi connectivity index (χ3n) is 4.29. The third kappa shape index (κ3) is 3.66. The molecular formula is C18H22N2O4. The van der Waals surface area contributed by atoms with Gasteiger partial charge in [0.15, 0.2) is 0 Å². The molecule has 1 aliphatic rings. The molecule has 0 bridgehead atoms. The molecule has 24 heavy (non-hydrogen) atoms. The number of nitrogens with one attached hydrogen (secondary N) is 1. The Bertz CT molecular complexity index is 810. The van der Waals surface area contributed by atoms with Gasteiger partial charge in [0.05, 0.1) is 12.2 Å². The minimum atomic E-state index is -0.437. The molecule has 1 aromatic heterocycles. The molecule has 6 nitrogen and oxygen atoms in total. The Morgan fingerprint density at radius 2 is 1.96 bits per heavy atom. The molecule has 3 rings (SSSR count). The second-order valence-electron chi connectivity index (χ2n) is 5.98. The Morgan fingerprint density at radius 1 is 1.25 bits per heavy atom. The Morgan fingerprint density at radius 3 is 2.58 bits per heavy atom. The van der Waals surface area contributed by atoms with E-state index in [0.29, 0.717) is 30.7 Å². The van der Waals surface area contributed by atoms with E-state index in [0.717, 1.165) is 5.56 Å². The van der Waals surface area contributed by atoms with Gasteiger partial charge in [-0.3, -0.25) is 14.3 Å². The van der Waals surface area contributed by atoms with Crippen LogP contribution in [0.3, 0.4) is 0 Å². The van der Waals surface area contributed by atoms with Crippen molar-refractivity contribution in [2.24, 2.45) is 0 Å². The predicted molar refractivity (Wildman–Crippen MR) is 90.2 cm³/mol. The lowest BCUT2D eigenvalue weighted by molar-refractivity contribution is 0.0821. The van der Waals surface area contributed by atoms with Gasteiger partial charge < -0.3 is 9.47 Å². The average molecular weight is 330 g/mol. The number of rotatable bonds is 7. The molecule has 1 aliphatic heterocycles. The van der Waals surface area contributed by atoms with Crippen LogP contribution in [0, 0.1) is 0 Å². The Kier molecular flexibility index (Phi) is 4.97. The number of nitrogens with zero attached hydrogens (tertiary/aromatic N) is 1. The molecule has 128 valence electrons. The minimum Gasteiger partial charge on any atom is -0.370 e. The number of epoxide rings is 1. The molecule has 1 fully saturated rings.